The minimum absolute atomic E-state index is 0.169. The lowest BCUT2D eigenvalue weighted by molar-refractivity contribution is -0.384. The van der Waals surface area contributed by atoms with E-state index in [4.69, 9.17) is 11.6 Å². The first-order valence-electron chi connectivity index (χ1n) is 7.39. The number of hydrogen-bond acceptors (Lipinski definition) is 4. The summed E-state index contributed by atoms with van der Waals surface area (Å²) in [5, 5.41) is 22.9. The van der Waals surface area contributed by atoms with E-state index >= 15 is 0 Å². The van der Waals surface area contributed by atoms with Crippen molar-refractivity contribution >= 4 is 29.3 Å². The van der Waals surface area contributed by atoms with Crippen LogP contribution in [0, 0.1) is 21.4 Å². The zero-order valence-corrected chi connectivity index (χ0v) is 13.9. The molecule has 0 unspecified atom stereocenters. The lowest BCUT2D eigenvalue weighted by Crippen LogP contribution is -2.26. The van der Waals surface area contributed by atoms with E-state index in [0.717, 1.165) is 5.56 Å². The number of amides is 1. The molecule has 6 nitrogen and oxygen atoms in total. The molecule has 0 heterocycles. The van der Waals surface area contributed by atoms with Gasteiger partial charge in [-0.25, -0.2) is 0 Å². The minimum Gasteiger partial charge on any atom is -0.351 e. The summed E-state index contributed by atoms with van der Waals surface area (Å²) in [6, 6.07) is 15.2. The minimum atomic E-state index is -0.570. The number of nitro benzene ring substituents is 1. The number of nitrogens with zero attached hydrogens (tertiary/aromatic N) is 2. The molecule has 0 aliphatic heterocycles. The Hall–Kier alpha value is -3.17. The molecule has 0 aromatic heterocycles. The highest BCUT2D eigenvalue weighted by Crippen LogP contribution is 2.24. The van der Waals surface area contributed by atoms with Crippen molar-refractivity contribution in [3.8, 4) is 6.07 Å². The van der Waals surface area contributed by atoms with Crippen LogP contribution in [0.5, 0.6) is 0 Å². The summed E-state index contributed by atoms with van der Waals surface area (Å²) in [6.07, 6.45) is 1.87. The van der Waals surface area contributed by atoms with E-state index in [-0.39, 0.29) is 21.8 Å². The van der Waals surface area contributed by atoms with Crippen molar-refractivity contribution < 1.29 is 9.72 Å². The Kier molecular flexibility index (Phi) is 6.26. The quantitative estimate of drug-likeness (QED) is 0.371. The first-order chi connectivity index (χ1) is 12.0. The summed E-state index contributed by atoms with van der Waals surface area (Å²) < 4.78 is 0. The zero-order valence-electron chi connectivity index (χ0n) is 13.1. The molecule has 126 valence electrons. The predicted molar refractivity (Wildman–Crippen MR) is 94.9 cm³/mol. The Bertz CT molecular complexity index is 858. The van der Waals surface area contributed by atoms with Crippen molar-refractivity contribution in [2.75, 3.05) is 6.54 Å². The van der Waals surface area contributed by atoms with E-state index in [0.29, 0.717) is 13.0 Å². The van der Waals surface area contributed by atoms with Crippen LogP contribution in [-0.4, -0.2) is 17.4 Å². The lowest BCUT2D eigenvalue weighted by atomic mass is 10.1. The van der Waals surface area contributed by atoms with Gasteiger partial charge in [-0.3, -0.25) is 14.9 Å². The molecule has 0 atom stereocenters. The first-order valence-corrected chi connectivity index (χ1v) is 7.77. The summed E-state index contributed by atoms with van der Waals surface area (Å²) >= 11 is 5.98. The van der Waals surface area contributed by atoms with Crippen LogP contribution in [0.3, 0.4) is 0 Å². The standard InChI is InChI=1S/C18H14ClN3O3/c19-17-7-6-16(22(24)25)11-14(17)10-15(12-20)18(23)21-9-8-13-4-2-1-3-5-13/h1-7,10-11H,8-9H2,(H,21,23)/b15-10+. The van der Waals surface area contributed by atoms with Crippen molar-refractivity contribution in [3.05, 3.63) is 80.4 Å². The average Bonchev–Trinajstić information content (AvgIpc) is 2.61. The van der Waals surface area contributed by atoms with Crippen molar-refractivity contribution in [3.63, 3.8) is 0 Å². The second-order valence-electron chi connectivity index (χ2n) is 5.12. The maximum absolute atomic E-state index is 12.1. The van der Waals surface area contributed by atoms with Gasteiger partial charge in [-0.2, -0.15) is 5.26 Å². The molecule has 0 aliphatic carbocycles. The van der Waals surface area contributed by atoms with E-state index in [1.165, 1.54) is 24.3 Å². The molecule has 0 saturated heterocycles. The molecule has 0 bridgehead atoms. The number of rotatable bonds is 6. The lowest BCUT2D eigenvalue weighted by Gasteiger charge is -2.05. The predicted octanol–water partition coefficient (Wildman–Crippen LogP) is 3.51. The molecule has 0 spiro atoms. The van der Waals surface area contributed by atoms with Gasteiger partial charge < -0.3 is 5.32 Å². The summed E-state index contributed by atoms with van der Waals surface area (Å²) in [4.78, 5) is 22.4. The van der Waals surface area contributed by atoms with E-state index in [1.54, 1.807) is 6.07 Å². The van der Waals surface area contributed by atoms with Crippen LogP contribution in [0.4, 0.5) is 5.69 Å². The van der Waals surface area contributed by atoms with Gasteiger partial charge in [0.25, 0.3) is 11.6 Å². The Morgan fingerprint density at radius 3 is 2.64 bits per heavy atom. The molecule has 0 aliphatic rings. The van der Waals surface area contributed by atoms with Gasteiger partial charge in [0.15, 0.2) is 0 Å². The number of benzene rings is 2. The second-order valence-corrected chi connectivity index (χ2v) is 5.53. The van der Waals surface area contributed by atoms with Crippen molar-refractivity contribution in [1.29, 1.82) is 5.26 Å². The van der Waals surface area contributed by atoms with Crippen molar-refractivity contribution in [1.82, 2.24) is 5.32 Å². The topological polar surface area (TPSA) is 96.0 Å². The van der Waals surface area contributed by atoms with Gasteiger partial charge in [-0.15, -0.1) is 0 Å². The van der Waals surface area contributed by atoms with Crippen molar-refractivity contribution in [2.45, 2.75) is 6.42 Å². The molecule has 0 radical (unpaired) electrons. The number of halogens is 1. The van der Waals surface area contributed by atoms with Gasteiger partial charge >= 0.3 is 0 Å². The zero-order chi connectivity index (χ0) is 18.2. The highest BCUT2D eigenvalue weighted by molar-refractivity contribution is 6.32. The molecule has 7 heteroatoms. The fourth-order valence-electron chi connectivity index (χ4n) is 2.12. The third kappa shape index (κ3) is 5.16. The third-order valence-electron chi connectivity index (χ3n) is 3.40. The van der Waals surface area contributed by atoms with Crippen LogP contribution in [0.1, 0.15) is 11.1 Å². The molecule has 2 aromatic carbocycles. The Morgan fingerprint density at radius 2 is 2.00 bits per heavy atom. The molecule has 0 fully saturated rings. The summed E-state index contributed by atoms with van der Waals surface area (Å²) in [6.45, 7) is 0.366. The largest absolute Gasteiger partial charge is 0.351 e. The molecule has 2 aromatic rings. The first kappa shape index (κ1) is 18.2. The highest BCUT2D eigenvalue weighted by atomic mass is 35.5. The SMILES string of the molecule is N#C/C(=C\c1cc([N+](=O)[O-])ccc1Cl)C(=O)NCCc1ccccc1. The van der Waals surface area contributed by atoms with E-state index < -0.39 is 10.8 Å². The van der Waals surface area contributed by atoms with Crippen LogP contribution < -0.4 is 5.32 Å². The molecule has 0 saturated carbocycles. The van der Waals surface area contributed by atoms with Gasteiger partial charge in [0.2, 0.25) is 0 Å². The smallest absolute Gasteiger partial charge is 0.270 e. The number of nitriles is 1. The number of nitrogens with one attached hydrogen (secondary N) is 1. The summed E-state index contributed by atoms with van der Waals surface area (Å²) in [5.74, 6) is -0.555. The van der Waals surface area contributed by atoms with Gasteiger partial charge in [-0.05, 0) is 24.1 Å². The Morgan fingerprint density at radius 1 is 1.28 bits per heavy atom. The van der Waals surface area contributed by atoms with Crippen LogP contribution in [-0.2, 0) is 11.2 Å². The van der Waals surface area contributed by atoms with Crippen LogP contribution in [0.15, 0.2) is 54.1 Å². The van der Waals surface area contributed by atoms with Crippen LogP contribution >= 0.6 is 11.6 Å². The maximum atomic E-state index is 12.1. The summed E-state index contributed by atoms with van der Waals surface area (Å²) in [5.41, 5.74) is 0.963. The molecular weight excluding hydrogens is 342 g/mol. The number of carbonyl (C=O) groups excluding carboxylic acids is 1. The number of non-ortho nitro benzene ring substituents is 1. The van der Waals surface area contributed by atoms with Crippen LogP contribution in [0.2, 0.25) is 5.02 Å². The van der Waals surface area contributed by atoms with E-state index in [9.17, 15) is 20.2 Å². The fourth-order valence-corrected chi connectivity index (χ4v) is 2.29. The highest BCUT2D eigenvalue weighted by Gasteiger charge is 2.13. The van der Waals surface area contributed by atoms with Gasteiger partial charge in [-0.1, -0.05) is 41.9 Å². The van der Waals surface area contributed by atoms with Gasteiger partial charge in [0.1, 0.15) is 11.6 Å². The normalized spacial score (nSPS) is 10.8. The maximum Gasteiger partial charge on any atom is 0.270 e. The number of hydrogen-bond donors (Lipinski definition) is 1. The molecule has 2 rings (SSSR count). The average molecular weight is 356 g/mol. The molecular formula is C18H14ClN3O3. The molecule has 1 N–H and O–H groups in total. The van der Waals surface area contributed by atoms with Crippen molar-refractivity contribution in [2.24, 2.45) is 0 Å². The van der Waals surface area contributed by atoms with Crippen LogP contribution in [0.25, 0.3) is 6.08 Å². The molecule has 25 heavy (non-hydrogen) atoms. The second kappa shape index (κ2) is 8.62. The Labute approximate surface area is 149 Å². The monoisotopic (exact) mass is 355 g/mol. The molecule has 1 amide bonds. The fraction of sp³-hybridized carbons (Fsp3) is 0.111. The van der Waals surface area contributed by atoms with E-state index in [1.807, 2.05) is 30.3 Å². The summed E-state index contributed by atoms with van der Waals surface area (Å²) in [7, 11) is 0. The number of carbonyl (C=O) groups is 1. The number of nitro groups is 1. The van der Waals surface area contributed by atoms with E-state index in [2.05, 4.69) is 5.32 Å². The third-order valence-corrected chi connectivity index (χ3v) is 3.74. The van der Waals surface area contributed by atoms with Gasteiger partial charge in [0, 0.05) is 29.3 Å². The Balaban J connectivity index is 2.09. The van der Waals surface area contributed by atoms with Gasteiger partial charge in [0.05, 0.1) is 4.92 Å².